The molecule has 0 radical (unpaired) electrons. The first-order valence-corrected chi connectivity index (χ1v) is 24.8. The van der Waals surface area contributed by atoms with Crippen LogP contribution in [0, 0.1) is 0 Å². The molecule has 0 spiro atoms. The van der Waals surface area contributed by atoms with Crippen molar-refractivity contribution in [1.29, 1.82) is 0 Å². The third kappa shape index (κ3) is 29.1. The van der Waals surface area contributed by atoms with E-state index in [0.29, 0.717) is 12.8 Å². The second-order valence-corrected chi connectivity index (χ2v) is 17.8. The second-order valence-electron chi connectivity index (χ2n) is 16.7. The van der Waals surface area contributed by atoms with Gasteiger partial charge in [-0.05, 0) is 12.8 Å². The predicted molar refractivity (Wildman–Crippen MR) is 227 cm³/mol. The summed E-state index contributed by atoms with van der Waals surface area (Å²) in [6, 6.07) is -0.850. The van der Waals surface area contributed by atoms with Gasteiger partial charge in [0.15, 0.2) is 6.29 Å². The molecule has 7 atom stereocenters. The zero-order valence-electron chi connectivity index (χ0n) is 36.2. The smallest absolute Gasteiger partial charge is 0.394 e. The number of unbranched alkanes of at least 4 members (excludes halogenated alkanes) is 28. The maximum atomic E-state index is 13.0. The van der Waals surface area contributed by atoms with Gasteiger partial charge in [0, 0.05) is 6.42 Å². The maximum Gasteiger partial charge on any atom is 0.397 e. The zero-order chi connectivity index (χ0) is 42.0. The molecule has 1 aliphatic rings. The quantitative estimate of drug-likeness (QED) is 0.0255. The first-order chi connectivity index (χ1) is 27.5. The molecule has 1 amide bonds. The summed E-state index contributed by atoms with van der Waals surface area (Å²) < 4.78 is 47.6. The lowest BCUT2D eigenvalue weighted by Gasteiger charge is -2.41. The first kappa shape index (κ1) is 54.1. The molecule has 1 saturated heterocycles. The molecule has 1 heterocycles. The Balaban J connectivity index is 2.40. The molecule has 0 aromatic carbocycles. The van der Waals surface area contributed by atoms with Gasteiger partial charge in [-0.1, -0.05) is 200 Å². The number of hydrogen-bond acceptors (Lipinski definition) is 10. The molecule has 7 unspecified atom stereocenters. The van der Waals surface area contributed by atoms with Crippen LogP contribution in [0.1, 0.15) is 219 Å². The maximum absolute atomic E-state index is 13.0. The van der Waals surface area contributed by atoms with Crippen molar-refractivity contribution >= 4 is 16.3 Å². The molecule has 0 saturated carbocycles. The highest BCUT2D eigenvalue weighted by atomic mass is 32.3. The number of aliphatic hydroxyl groups is 4. The molecule has 1 aliphatic heterocycles. The Hall–Kier alpha value is -0.900. The molecule has 57 heavy (non-hydrogen) atoms. The highest BCUT2D eigenvalue weighted by Gasteiger charge is 2.48. The number of nitrogens with one attached hydrogen (secondary N) is 1. The summed E-state index contributed by atoms with van der Waals surface area (Å²) in [5.74, 6) is -0.231. The number of carbonyl (C=O) groups is 1. The molecule has 6 N–H and O–H groups in total. The van der Waals surface area contributed by atoms with E-state index in [1.54, 1.807) is 0 Å². The van der Waals surface area contributed by atoms with E-state index in [-0.39, 0.29) is 12.5 Å². The minimum Gasteiger partial charge on any atom is -0.394 e. The van der Waals surface area contributed by atoms with E-state index in [2.05, 4.69) is 23.3 Å². The number of aliphatic hydroxyl groups excluding tert-OH is 4. The Labute approximate surface area is 347 Å². The Morgan fingerprint density at radius 3 is 1.40 bits per heavy atom. The van der Waals surface area contributed by atoms with Crippen LogP contribution in [0.25, 0.3) is 0 Å². The fourth-order valence-corrected chi connectivity index (χ4v) is 8.26. The van der Waals surface area contributed by atoms with Crippen molar-refractivity contribution in [1.82, 2.24) is 5.32 Å². The Bertz CT molecular complexity index is 1040. The third-order valence-corrected chi connectivity index (χ3v) is 11.9. The highest BCUT2D eigenvalue weighted by Crippen LogP contribution is 2.26. The van der Waals surface area contributed by atoms with E-state index in [0.717, 1.165) is 51.4 Å². The van der Waals surface area contributed by atoms with Crippen LogP contribution in [-0.4, -0.2) is 95.4 Å². The molecular formula is C44H87NO11S. The Kier molecular flexibility index (Phi) is 34.0. The van der Waals surface area contributed by atoms with E-state index in [1.807, 2.05) is 0 Å². The van der Waals surface area contributed by atoms with Crippen molar-refractivity contribution in [3.63, 3.8) is 0 Å². The number of ether oxygens (including phenoxy) is 2. The molecule has 12 nitrogen and oxygen atoms in total. The van der Waals surface area contributed by atoms with Gasteiger partial charge in [0.05, 0.1) is 25.4 Å². The van der Waals surface area contributed by atoms with Gasteiger partial charge in [-0.2, -0.15) is 8.42 Å². The van der Waals surface area contributed by atoms with E-state index in [1.165, 1.54) is 141 Å². The molecule has 0 aliphatic carbocycles. The van der Waals surface area contributed by atoms with Gasteiger partial charge in [0.25, 0.3) is 0 Å². The van der Waals surface area contributed by atoms with Crippen molar-refractivity contribution in [2.75, 3.05) is 13.2 Å². The zero-order valence-corrected chi connectivity index (χ0v) is 37.0. The number of rotatable bonds is 40. The molecule has 1 fully saturated rings. The van der Waals surface area contributed by atoms with E-state index >= 15 is 0 Å². The summed E-state index contributed by atoms with van der Waals surface area (Å²) in [6.07, 6.45) is 28.4. The van der Waals surface area contributed by atoms with Crippen LogP contribution in [0.4, 0.5) is 0 Å². The van der Waals surface area contributed by atoms with Gasteiger partial charge >= 0.3 is 10.4 Å². The van der Waals surface area contributed by atoms with E-state index in [9.17, 15) is 33.6 Å². The van der Waals surface area contributed by atoms with Crippen molar-refractivity contribution < 1.29 is 51.8 Å². The Morgan fingerprint density at radius 2 is 1.02 bits per heavy atom. The molecule has 340 valence electrons. The summed E-state index contributed by atoms with van der Waals surface area (Å²) in [5.41, 5.74) is 0. The van der Waals surface area contributed by atoms with Gasteiger partial charge in [0.2, 0.25) is 5.91 Å². The van der Waals surface area contributed by atoms with Crippen molar-refractivity contribution in [2.45, 2.75) is 262 Å². The number of hydrogen-bond donors (Lipinski definition) is 6. The van der Waals surface area contributed by atoms with Crippen LogP contribution in [0.2, 0.25) is 0 Å². The van der Waals surface area contributed by atoms with Crippen molar-refractivity contribution in [3.05, 3.63) is 0 Å². The lowest BCUT2D eigenvalue weighted by molar-refractivity contribution is -0.298. The fourth-order valence-electron chi connectivity index (χ4n) is 7.75. The fraction of sp³-hybridized carbons (Fsp3) is 0.977. The summed E-state index contributed by atoms with van der Waals surface area (Å²) in [7, 11) is -5.07. The average Bonchev–Trinajstić information content (AvgIpc) is 3.18. The minimum atomic E-state index is -5.07. The lowest BCUT2D eigenvalue weighted by Crippen LogP contribution is -2.61. The van der Waals surface area contributed by atoms with Crippen molar-refractivity contribution in [2.24, 2.45) is 0 Å². The van der Waals surface area contributed by atoms with Crippen LogP contribution in [0.15, 0.2) is 0 Å². The summed E-state index contributed by atoms with van der Waals surface area (Å²) in [6.45, 7) is 3.43. The summed E-state index contributed by atoms with van der Waals surface area (Å²) in [4.78, 5) is 13.0. The van der Waals surface area contributed by atoms with Gasteiger partial charge in [-0.15, -0.1) is 0 Å². The van der Waals surface area contributed by atoms with Crippen LogP contribution in [-0.2, 0) is 28.9 Å². The van der Waals surface area contributed by atoms with E-state index in [4.69, 9.17) is 14.0 Å². The first-order valence-electron chi connectivity index (χ1n) is 23.4. The van der Waals surface area contributed by atoms with E-state index < -0.39 is 59.9 Å². The molecule has 0 bridgehead atoms. The van der Waals surface area contributed by atoms with Gasteiger partial charge in [-0.3, -0.25) is 9.35 Å². The second kappa shape index (κ2) is 35.8. The SMILES string of the molecule is CCCCCCCCCCCCCCCCCCCCCCCC(O)C(COC1OC(CO)C(O)C(OS(=O)(=O)O)C1O)NC(=O)CCCCCCCCCCC. The molecule has 13 heteroatoms. The van der Waals surface area contributed by atoms with Crippen LogP contribution >= 0.6 is 0 Å². The van der Waals surface area contributed by atoms with Gasteiger partial charge in [-0.25, -0.2) is 4.18 Å². The van der Waals surface area contributed by atoms with Crippen LogP contribution in [0.5, 0.6) is 0 Å². The predicted octanol–water partition coefficient (Wildman–Crippen LogP) is 9.00. The standard InChI is InChI=1S/C44H87NO11S/c1-3-5-7-9-11-13-14-15-16-17-18-19-20-21-22-23-24-26-27-29-31-33-38(47)37(45-40(48)34-32-30-28-25-12-10-8-6-4-2)36-54-44-42(50)43(56-57(51,52)53)41(49)39(35-46)55-44/h37-39,41-44,46-47,49-50H,3-36H2,1-2H3,(H,45,48)(H,51,52,53). The topological polar surface area (TPSA) is 192 Å². The minimum absolute atomic E-state index is 0.231. The van der Waals surface area contributed by atoms with Crippen LogP contribution < -0.4 is 5.32 Å². The highest BCUT2D eigenvalue weighted by molar-refractivity contribution is 7.80. The normalized spacial score (nSPS) is 21.1. The lowest BCUT2D eigenvalue weighted by atomic mass is 9.99. The average molecular weight is 838 g/mol. The van der Waals surface area contributed by atoms with Gasteiger partial charge in [0.1, 0.15) is 24.4 Å². The number of carbonyl (C=O) groups excluding carboxylic acids is 1. The number of amides is 1. The molecule has 1 rings (SSSR count). The molecule has 0 aromatic rings. The summed E-state index contributed by atoms with van der Waals surface area (Å²) >= 11 is 0. The molecule has 0 aromatic heterocycles. The third-order valence-electron chi connectivity index (χ3n) is 11.4. The largest absolute Gasteiger partial charge is 0.397 e. The van der Waals surface area contributed by atoms with Crippen molar-refractivity contribution in [3.8, 4) is 0 Å². The van der Waals surface area contributed by atoms with Crippen LogP contribution in [0.3, 0.4) is 0 Å². The molecular weight excluding hydrogens is 751 g/mol. The Morgan fingerprint density at radius 1 is 0.632 bits per heavy atom. The van der Waals surface area contributed by atoms with Gasteiger partial charge < -0.3 is 35.2 Å². The summed E-state index contributed by atoms with van der Waals surface area (Å²) in [5, 5.41) is 44.8. The monoisotopic (exact) mass is 838 g/mol.